The minimum absolute atomic E-state index is 0.0484. The molecule has 0 saturated carbocycles. The summed E-state index contributed by atoms with van der Waals surface area (Å²) in [5.74, 6) is -0.0484. The Bertz CT molecular complexity index is 959. The topological polar surface area (TPSA) is 70.9 Å². The van der Waals surface area contributed by atoms with Gasteiger partial charge in [-0.1, -0.05) is 35.9 Å². The SMILES string of the molecule is Cc1cc(C)c(S(=O)(=O)N2CC[NH+]([C@@H](C)C(=O)Nc3ccccc3)CC2)c(C)c1. The summed E-state index contributed by atoms with van der Waals surface area (Å²) in [7, 11) is -3.54. The zero-order chi connectivity index (χ0) is 21.2. The number of sulfonamides is 1. The molecule has 29 heavy (non-hydrogen) atoms. The molecule has 1 aliphatic heterocycles. The third-order valence-corrected chi connectivity index (χ3v) is 7.82. The van der Waals surface area contributed by atoms with E-state index in [9.17, 15) is 13.2 Å². The van der Waals surface area contributed by atoms with E-state index < -0.39 is 10.0 Å². The summed E-state index contributed by atoms with van der Waals surface area (Å²) in [6, 6.07) is 13.0. The molecule has 1 aliphatic rings. The number of carbonyl (C=O) groups is 1. The van der Waals surface area contributed by atoms with Crippen molar-refractivity contribution in [2.75, 3.05) is 31.5 Å². The van der Waals surface area contributed by atoms with Crippen molar-refractivity contribution in [3.8, 4) is 0 Å². The van der Waals surface area contributed by atoms with Gasteiger partial charge in [0.1, 0.15) is 0 Å². The second-order valence-electron chi connectivity index (χ2n) is 7.87. The van der Waals surface area contributed by atoms with E-state index in [1.807, 2.05) is 70.2 Å². The summed E-state index contributed by atoms with van der Waals surface area (Å²) in [6.45, 7) is 9.60. The van der Waals surface area contributed by atoms with Crippen LogP contribution in [0.3, 0.4) is 0 Å². The van der Waals surface area contributed by atoms with Gasteiger partial charge in [0.15, 0.2) is 6.04 Å². The van der Waals surface area contributed by atoms with Gasteiger partial charge >= 0.3 is 0 Å². The molecule has 1 heterocycles. The van der Waals surface area contributed by atoms with Crippen LogP contribution in [0.5, 0.6) is 0 Å². The van der Waals surface area contributed by atoms with Gasteiger partial charge in [0, 0.05) is 5.69 Å². The number of carbonyl (C=O) groups excluding carboxylic acids is 1. The summed E-state index contributed by atoms with van der Waals surface area (Å²) < 4.78 is 28.0. The van der Waals surface area contributed by atoms with Crippen LogP contribution in [0.1, 0.15) is 23.6 Å². The standard InChI is InChI=1S/C22H29N3O3S/c1-16-14-17(2)21(18(3)15-16)29(27,28)25-12-10-24(11-13-25)19(4)22(26)23-20-8-6-5-7-9-20/h5-9,14-15,19H,10-13H2,1-4H3,(H,23,26)/p+1/t19-/m0/s1. The van der Waals surface area contributed by atoms with E-state index in [1.54, 1.807) is 4.31 Å². The smallest absolute Gasteiger partial charge is 0.282 e. The second kappa shape index (κ2) is 8.65. The molecular weight excluding hydrogens is 386 g/mol. The maximum Gasteiger partial charge on any atom is 0.282 e. The zero-order valence-corrected chi connectivity index (χ0v) is 18.3. The lowest BCUT2D eigenvalue weighted by Gasteiger charge is -2.34. The highest BCUT2D eigenvalue weighted by atomic mass is 32.2. The van der Waals surface area contributed by atoms with E-state index >= 15 is 0 Å². The Labute approximate surface area is 173 Å². The number of piperazine rings is 1. The first-order chi connectivity index (χ1) is 13.7. The summed E-state index contributed by atoms with van der Waals surface area (Å²) in [6.07, 6.45) is 0. The molecule has 156 valence electrons. The fourth-order valence-corrected chi connectivity index (χ4v) is 5.96. The van der Waals surface area contributed by atoms with Gasteiger partial charge in [-0.15, -0.1) is 0 Å². The highest BCUT2D eigenvalue weighted by Gasteiger charge is 2.35. The summed E-state index contributed by atoms with van der Waals surface area (Å²) in [4.78, 5) is 14.1. The zero-order valence-electron chi connectivity index (χ0n) is 17.5. The lowest BCUT2D eigenvalue weighted by atomic mass is 10.1. The molecule has 3 rings (SSSR count). The van der Waals surface area contributed by atoms with E-state index in [0.717, 1.165) is 27.3 Å². The molecule has 6 nitrogen and oxygen atoms in total. The van der Waals surface area contributed by atoms with Crippen LogP contribution in [0.2, 0.25) is 0 Å². The number of aryl methyl sites for hydroxylation is 3. The van der Waals surface area contributed by atoms with Gasteiger partial charge in [-0.2, -0.15) is 4.31 Å². The number of benzene rings is 2. The Hall–Kier alpha value is -2.22. The Morgan fingerprint density at radius 3 is 2.14 bits per heavy atom. The lowest BCUT2D eigenvalue weighted by Crippen LogP contribution is -3.19. The number of nitrogens with zero attached hydrogens (tertiary/aromatic N) is 1. The van der Waals surface area contributed by atoms with Crippen molar-refractivity contribution in [3.63, 3.8) is 0 Å². The van der Waals surface area contributed by atoms with E-state index in [0.29, 0.717) is 31.1 Å². The molecule has 0 unspecified atom stereocenters. The van der Waals surface area contributed by atoms with Gasteiger partial charge in [-0.3, -0.25) is 4.79 Å². The predicted octanol–water partition coefficient (Wildman–Crippen LogP) is 1.53. The molecule has 2 aromatic rings. The van der Waals surface area contributed by atoms with E-state index in [2.05, 4.69) is 5.32 Å². The molecule has 1 saturated heterocycles. The number of anilines is 1. The maximum atomic E-state index is 13.2. The van der Waals surface area contributed by atoms with Crippen LogP contribution in [0.4, 0.5) is 5.69 Å². The maximum absolute atomic E-state index is 13.2. The minimum Gasteiger partial charge on any atom is -0.323 e. The molecule has 0 aliphatic carbocycles. The van der Waals surface area contributed by atoms with Crippen molar-refractivity contribution >= 4 is 21.6 Å². The van der Waals surface area contributed by atoms with Crippen molar-refractivity contribution in [2.24, 2.45) is 0 Å². The fourth-order valence-electron chi connectivity index (χ4n) is 4.11. The first kappa shape index (κ1) is 21.5. The average Bonchev–Trinajstić information content (AvgIpc) is 2.67. The van der Waals surface area contributed by atoms with Crippen molar-refractivity contribution < 1.29 is 18.1 Å². The summed E-state index contributed by atoms with van der Waals surface area (Å²) >= 11 is 0. The largest absolute Gasteiger partial charge is 0.323 e. The molecule has 2 N–H and O–H groups in total. The van der Waals surface area contributed by atoms with Crippen LogP contribution in [0.15, 0.2) is 47.4 Å². The Morgan fingerprint density at radius 1 is 1.03 bits per heavy atom. The second-order valence-corrected chi connectivity index (χ2v) is 9.74. The van der Waals surface area contributed by atoms with E-state index in [4.69, 9.17) is 0 Å². The van der Waals surface area contributed by atoms with E-state index in [1.165, 1.54) is 0 Å². The van der Waals surface area contributed by atoms with Gasteiger partial charge in [-0.05, 0) is 51.0 Å². The monoisotopic (exact) mass is 416 g/mol. The van der Waals surface area contributed by atoms with E-state index in [-0.39, 0.29) is 11.9 Å². The number of rotatable bonds is 5. The number of nitrogens with one attached hydrogen (secondary N) is 2. The number of quaternary nitrogens is 1. The molecule has 0 radical (unpaired) electrons. The molecule has 1 atom stereocenters. The van der Waals surface area contributed by atoms with Crippen LogP contribution in [-0.4, -0.2) is 50.9 Å². The molecule has 0 bridgehead atoms. The van der Waals surface area contributed by atoms with Gasteiger partial charge < -0.3 is 10.2 Å². The lowest BCUT2D eigenvalue weighted by molar-refractivity contribution is -0.917. The molecule has 0 aromatic heterocycles. The molecule has 0 spiro atoms. The highest BCUT2D eigenvalue weighted by Crippen LogP contribution is 2.25. The average molecular weight is 417 g/mol. The predicted molar refractivity (Wildman–Crippen MR) is 115 cm³/mol. The summed E-state index contributed by atoms with van der Waals surface area (Å²) in [5, 5.41) is 2.93. The quantitative estimate of drug-likeness (QED) is 0.777. The first-order valence-corrected chi connectivity index (χ1v) is 11.4. The third-order valence-electron chi connectivity index (χ3n) is 5.61. The third kappa shape index (κ3) is 4.69. The van der Waals surface area contributed by atoms with Crippen molar-refractivity contribution in [2.45, 2.75) is 38.6 Å². The van der Waals surface area contributed by atoms with Gasteiger partial charge in [0.25, 0.3) is 5.91 Å². The highest BCUT2D eigenvalue weighted by molar-refractivity contribution is 7.89. The van der Waals surface area contributed by atoms with Crippen molar-refractivity contribution in [3.05, 3.63) is 59.2 Å². The van der Waals surface area contributed by atoms with Crippen LogP contribution >= 0.6 is 0 Å². The molecule has 7 heteroatoms. The summed E-state index contributed by atoms with van der Waals surface area (Å²) in [5.41, 5.74) is 3.41. The number of hydrogen-bond acceptors (Lipinski definition) is 3. The van der Waals surface area contributed by atoms with Crippen LogP contribution in [0, 0.1) is 20.8 Å². The molecular formula is C22H30N3O3S+. The van der Waals surface area contributed by atoms with Gasteiger partial charge in [0.2, 0.25) is 10.0 Å². The first-order valence-electron chi connectivity index (χ1n) is 9.98. The molecule has 1 fully saturated rings. The number of para-hydroxylation sites is 1. The number of hydrogen-bond donors (Lipinski definition) is 2. The normalized spacial score (nSPS) is 17.1. The van der Waals surface area contributed by atoms with Gasteiger partial charge in [0.05, 0.1) is 31.1 Å². The Balaban J connectivity index is 1.66. The van der Waals surface area contributed by atoms with Gasteiger partial charge in [-0.25, -0.2) is 8.42 Å². The Kier molecular flexibility index (Phi) is 6.41. The molecule has 2 aromatic carbocycles. The Morgan fingerprint density at radius 2 is 1.59 bits per heavy atom. The fraction of sp³-hybridized carbons (Fsp3) is 0.409. The van der Waals surface area contributed by atoms with Crippen molar-refractivity contribution in [1.82, 2.24) is 4.31 Å². The minimum atomic E-state index is -3.54. The van der Waals surface area contributed by atoms with Crippen LogP contribution in [-0.2, 0) is 14.8 Å². The van der Waals surface area contributed by atoms with Crippen LogP contribution < -0.4 is 10.2 Å². The van der Waals surface area contributed by atoms with Crippen LogP contribution in [0.25, 0.3) is 0 Å². The van der Waals surface area contributed by atoms with Crippen molar-refractivity contribution in [1.29, 1.82) is 0 Å². The molecule has 1 amide bonds. The number of amides is 1.